The van der Waals surface area contributed by atoms with Crippen molar-refractivity contribution in [3.05, 3.63) is 0 Å². The van der Waals surface area contributed by atoms with Gasteiger partial charge in [-0.2, -0.15) is 0 Å². The first-order valence-electron chi connectivity index (χ1n) is 0. The Labute approximate surface area is 139 Å². The summed E-state index contributed by atoms with van der Waals surface area (Å²) in [5, 5.41) is 0. The standard InChI is InChI=1S/Ba.Sr.Ti.W.4H/q2*+2;;;4*-1. The molecule has 0 bridgehead atoms. The normalized spacial score (nSPS) is 0. The van der Waals surface area contributed by atoms with Crippen molar-refractivity contribution in [1.82, 2.24) is 0 Å². The first-order valence-corrected chi connectivity index (χ1v) is 0. The zero-order valence-electron chi connectivity index (χ0n) is 6.32. The molecule has 0 aliphatic rings. The fourth-order valence-electron chi connectivity index (χ4n) is 0. The van der Waals surface area contributed by atoms with Gasteiger partial charge in [0, 0.05) is 42.8 Å². The second kappa shape index (κ2) is 15.7. The molecule has 4 heteroatoms. The third kappa shape index (κ3) is 9.68. The average Bonchev–Trinajstić information content (AvgIpc) is 0. The van der Waals surface area contributed by atoms with Gasteiger partial charge in [0.2, 0.25) is 0 Å². The molecule has 0 aromatic carbocycles. The largest absolute Gasteiger partial charge is 2.00 e. The molecular weight excluding hydrogens is 457 g/mol. The molecule has 0 fully saturated rings. The maximum absolute atomic E-state index is 0. The number of rotatable bonds is 0. The van der Waals surface area contributed by atoms with Gasteiger partial charge in [0.05, 0.1) is 0 Å². The van der Waals surface area contributed by atoms with E-state index in [2.05, 4.69) is 0 Å². The van der Waals surface area contributed by atoms with Crippen molar-refractivity contribution in [3.63, 3.8) is 0 Å². The second-order valence-corrected chi connectivity index (χ2v) is 0. The van der Waals surface area contributed by atoms with Gasteiger partial charge in [0.1, 0.15) is 0 Å². The minimum absolute atomic E-state index is 0. The van der Waals surface area contributed by atoms with Crippen LogP contribution in [-0.2, 0) is 42.8 Å². The van der Waals surface area contributed by atoms with Crippen molar-refractivity contribution < 1.29 is 48.5 Å². The van der Waals surface area contributed by atoms with Crippen molar-refractivity contribution >= 4 is 94.4 Å². The predicted octanol–water partition coefficient (Wildman–Crippen LogP) is -0.317. The Bertz CT molecular complexity index is 16.0. The molecule has 0 heterocycles. The Morgan fingerprint density at radius 2 is 1.25 bits per heavy atom. The molecule has 0 amide bonds. The first kappa shape index (κ1) is 23.7. The molecule has 0 atom stereocenters. The van der Waals surface area contributed by atoms with Gasteiger partial charge in [-0.05, 0) is 0 Å². The maximum Gasteiger partial charge on any atom is 2.00 e. The summed E-state index contributed by atoms with van der Waals surface area (Å²) in [7, 11) is 0. The van der Waals surface area contributed by atoms with Crippen molar-refractivity contribution in [1.29, 1.82) is 0 Å². The van der Waals surface area contributed by atoms with Crippen molar-refractivity contribution in [2.45, 2.75) is 0 Å². The van der Waals surface area contributed by atoms with E-state index >= 15 is 0 Å². The zero-order chi connectivity index (χ0) is 0. The summed E-state index contributed by atoms with van der Waals surface area (Å²) in [6, 6.07) is 0. The van der Waals surface area contributed by atoms with Gasteiger partial charge in [0.15, 0.2) is 0 Å². The fraction of sp³-hybridized carbons (Fsp3) is 0. The van der Waals surface area contributed by atoms with Crippen LogP contribution in [0.15, 0.2) is 0 Å². The van der Waals surface area contributed by atoms with Crippen molar-refractivity contribution in [2.24, 2.45) is 0 Å². The summed E-state index contributed by atoms with van der Waals surface area (Å²) in [5.41, 5.74) is 0. The zero-order valence-corrected chi connectivity index (χ0v) is 14.7. The minimum atomic E-state index is 0. The van der Waals surface area contributed by atoms with Crippen LogP contribution in [0.5, 0.6) is 0 Å². The summed E-state index contributed by atoms with van der Waals surface area (Å²) >= 11 is 0. The molecule has 0 aliphatic heterocycles. The van der Waals surface area contributed by atoms with Crippen molar-refractivity contribution in [2.75, 3.05) is 0 Å². The van der Waals surface area contributed by atoms with E-state index in [4.69, 9.17) is 0 Å². The molecule has 0 unspecified atom stereocenters. The van der Waals surface area contributed by atoms with Gasteiger partial charge in [-0.25, -0.2) is 0 Å². The van der Waals surface area contributed by atoms with Crippen LogP contribution in [0.3, 0.4) is 0 Å². The first-order chi connectivity index (χ1) is 0. The molecular formula is H4BaSrTiW. The quantitative estimate of drug-likeness (QED) is 0.435. The Morgan fingerprint density at radius 3 is 1.25 bits per heavy atom. The molecule has 0 saturated heterocycles. The monoisotopic (exact) mass is 462 g/mol. The minimum Gasteiger partial charge on any atom is -1.00 e. The van der Waals surface area contributed by atoms with E-state index in [0.717, 1.165) is 0 Å². The molecule has 0 nitrogen and oxygen atoms in total. The van der Waals surface area contributed by atoms with Gasteiger partial charge in [-0.1, -0.05) is 0 Å². The third-order valence-corrected chi connectivity index (χ3v) is 0. The van der Waals surface area contributed by atoms with E-state index in [1.54, 1.807) is 0 Å². The van der Waals surface area contributed by atoms with Gasteiger partial charge >= 0.3 is 94.4 Å². The third-order valence-electron chi connectivity index (χ3n) is 0. The summed E-state index contributed by atoms with van der Waals surface area (Å²) in [6.07, 6.45) is 0. The molecule has 4 heavy (non-hydrogen) atoms. The van der Waals surface area contributed by atoms with Crippen LogP contribution >= 0.6 is 0 Å². The van der Waals surface area contributed by atoms with Crippen LogP contribution in [-0.4, -0.2) is 94.4 Å². The molecule has 0 saturated carbocycles. The summed E-state index contributed by atoms with van der Waals surface area (Å²) in [5.74, 6) is 0. The Hall–Kier alpha value is 4.45. The van der Waals surface area contributed by atoms with Crippen LogP contribution in [0.2, 0.25) is 0 Å². The average molecular weight is 461 g/mol. The van der Waals surface area contributed by atoms with Crippen LogP contribution < -0.4 is 0 Å². The molecule has 0 rings (SSSR count). The van der Waals surface area contributed by atoms with E-state index in [1.807, 2.05) is 0 Å². The molecule has 0 N–H and O–H groups in total. The van der Waals surface area contributed by atoms with Crippen LogP contribution in [0, 0.1) is 0 Å². The van der Waals surface area contributed by atoms with Crippen LogP contribution in [0.4, 0.5) is 0 Å². The Balaban J connectivity index is 0. The van der Waals surface area contributed by atoms with Gasteiger partial charge in [-0.15, -0.1) is 0 Å². The second-order valence-electron chi connectivity index (χ2n) is 0. The van der Waals surface area contributed by atoms with E-state index in [1.165, 1.54) is 0 Å². The summed E-state index contributed by atoms with van der Waals surface area (Å²) in [6.45, 7) is 0. The fourth-order valence-corrected chi connectivity index (χ4v) is 0. The van der Waals surface area contributed by atoms with Crippen molar-refractivity contribution in [3.8, 4) is 0 Å². The van der Waals surface area contributed by atoms with E-state index in [-0.39, 0.29) is 143 Å². The summed E-state index contributed by atoms with van der Waals surface area (Å²) < 4.78 is 0. The summed E-state index contributed by atoms with van der Waals surface area (Å²) in [4.78, 5) is 0. The van der Waals surface area contributed by atoms with E-state index in [9.17, 15) is 0 Å². The Morgan fingerprint density at radius 1 is 1.25 bits per heavy atom. The van der Waals surface area contributed by atoms with Crippen LogP contribution in [0.1, 0.15) is 5.71 Å². The van der Waals surface area contributed by atoms with Gasteiger partial charge < -0.3 is 5.71 Å². The van der Waals surface area contributed by atoms with Gasteiger partial charge in [-0.3, -0.25) is 0 Å². The molecule has 0 radical (unpaired) electrons. The van der Waals surface area contributed by atoms with E-state index in [0.29, 0.717) is 0 Å². The topological polar surface area (TPSA) is 0 Å². The molecule has 0 aromatic heterocycles. The molecule has 0 aromatic rings. The maximum atomic E-state index is 0. The molecule has 0 spiro atoms. The molecule has 0 aliphatic carbocycles. The predicted molar refractivity (Wildman–Crippen MR) is 16.0 cm³/mol. The van der Waals surface area contributed by atoms with Gasteiger partial charge in [0.25, 0.3) is 0 Å². The van der Waals surface area contributed by atoms with Crippen LogP contribution in [0.25, 0.3) is 0 Å². The SMILES string of the molecule is [Ba+2].[H-].[H-].[H-].[H-].[Sr+2].[Ti].[W]. The smallest absolute Gasteiger partial charge is 1.00 e. The molecule has 18 valence electrons. The number of hydrogen-bond acceptors (Lipinski definition) is 0. The Kier molecular flexibility index (Phi) is 92.6. The van der Waals surface area contributed by atoms with E-state index < -0.39 is 0 Å². The number of hydrogen-bond donors (Lipinski definition) is 0.